The summed E-state index contributed by atoms with van der Waals surface area (Å²) in [6.07, 6.45) is 2.74. The molecule has 0 aromatic rings. The molecule has 1 atom stereocenters. The van der Waals surface area contributed by atoms with E-state index in [0.717, 1.165) is 19.3 Å². The number of carboxylic acids is 1. The van der Waals surface area contributed by atoms with Crippen molar-refractivity contribution in [3.63, 3.8) is 0 Å². The van der Waals surface area contributed by atoms with Gasteiger partial charge in [-0.15, -0.1) is 0 Å². The molecule has 0 radical (unpaired) electrons. The minimum absolute atomic E-state index is 0.0256. The summed E-state index contributed by atoms with van der Waals surface area (Å²) in [5.74, 6) is -0.904. The van der Waals surface area contributed by atoms with Crippen LogP contribution in [-0.4, -0.2) is 64.3 Å². The molecule has 0 spiro atoms. The second kappa shape index (κ2) is 7.20. The molecule has 2 amide bonds. The average Bonchev–Trinajstić information content (AvgIpc) is 2.38. The first kappa shape index (κ1) is 14.8. The van der Waals surface area contributed by atoms with Crippen molar-refractivity contribution in [2.45, 2.75) is 38.6 Å². The molecule has 1 saturated heterocycles. The smallest absolute Gasteiger partial charge is 0.320 e. The number of rotatable bonds is 5. The molecule has 0 aliphatic carbocycles. The molecule has 6 heteroatoms. The van der Waals surface area contributed by atoms with Gasteiger partial charge in [-0.1, -0.05) is 0 Å². The van der Waals surface area contributed by atoms with E-state index in [9.17, 15) is 14.7 Å². The van der Waals surface area contributed by atoms with Gasteiger partial charge in [-0.3, -0.25) is 4.79 Å². The summed E-state index contributed by atoms with van der Waals surface area (Å²) in [5, 5.41) is 17.9. The maximum absolute atomic E-state index is 12.3. The molecule has 1 aliphatic heterocycles. The molecule has 0 aromatic heterocycles. The third-order valence-corrected chi connectivity index (χ3v) is 3.33. The largest absolute Gasteiger partial charge is 0.481 e. The van der Waals surface area contributed by atoms with Crippen LogP contribution >= 0.6 is 0 Å². The van der Waals surface area contributed by atoms with Gasteiger partial charge in [0.1, 0.15) is 0 Å². The highest BCUT2D eigenvalue weighted by molar-refractivity contribution is 5.76. The summed E-state index contributed by atoms with van der Waals surface area (Å²) in [7, 11) is 0. The number of aliphatic hydroxyl groups is 1. The minimum atomic E-state index is -0.904. The Morgan fingerprint density at radius 3 is 2.67 bits per heavy atom. The summed E-state index contributed by atoms with van der Waals surface area (Å²) >= 11 is 0. The van der Waals surface area contributed by atoms with Crippen LogP contribution in [0.1, 0.15) is 32.6 Å². The van der Waals surface area contributed by atoms with E-state index in [-0.39, 0.29) is 31.6 Å². The predicted octanol–water partition coefficient (Wildman–Crippen LogP) is 0.750. The van der Waals surface area contributed by atoms with Crippen LogP contribution in [0.15, 0.2) is 0 Å². The lowest BCUT2D eigenvalue weighted by Crippen LogP contribution is -2.51. The van der Waals surface area contributed by atoms with Crippen molar-refractivity contribution in [3.8, 4) is 0 Å². The molecular formula is C12H22N2O4. The van der Waals surface area contributed by atoms with Gasteiger partial charge in [-0.25, -0.2) is 4.79 Å². The van der Waals surface area contributed by atoms with Gasteiger partial charge >= 0.3 is 12.0 Å². The Morgan fingerprint density at radius 2 is 2.11 bits per heavy atom. The molecular weight excluding hydrogens is 236 g/mol. The molecule has 6 nitrogen and oxygen atoms in total. The number of nitrogens with zero attached hydrogens (tertiary/aromatic N) is 2. The van der Waals surface area contributed by atoms with Crippen LogP contribution in [0.4, 0.5) is 4.79 Å². The molecule has 1 rings (SSSR count). The fourth-order valence-corrected chi connectivity index (χ4v) is 2.24. The first-order chi connectivity index (χ1) is 8.60. The molecule has 0 bridgehead atoms. The topological polar surface area (TPSA) is 81.1 Å². The van der Waals surface area contributed by atoms with Crippen molar-refractivity contribution in [2.24, 2.45) is 0 Å². The number of hydrogen-bond donors (Lipinski definition) is 2. The summed E-state index contributed by atoms with van der Waals surface area (Å²) in [6.45, 7) is 3.16. The maximum atomic E-state index is 12.3. The molecule has 1 unspecified atom stereocenters. The Hall–Kier alpha value is -1.30. The van der Waals surface area contributed by atoms with Crippen LogP contribution < -0.4 is 0 Å². The molecule has 0 aromatic carbocycles. The van der Waals surface area contributed by atoms with Crippen molar-refractivity contribution in [1.82, 2.24) is 9.80 Å². The van der Waals surface area contributed by atoms with Crippen molar-refractivity contribution in [1.29, 1.82) is 0 Å². The normalized spacial score (nSPS) is 19.7. The van der Waals surface area contributed by atoms with E-state index >= 15 is 0 Å². The lowest BCUT2D eigenvalue weighted by Gasteiger charge is -2.38. The van der Waals surface area contributed by atoms with Crippen LogP contribution in [0.5, 0.6) is 0 Å². The highest BCUT2D eigenvalue weighted by Gasteiger charge is 2.28. The third-order valence-electron chi connectivity index (χ3n) is 3.33. The van der Waals surface area contributed by atoms with Crippen molar-refractivity contribution >= 4 is 12.0 Å². The summed E-state index contributed by atoms with van der Waals surface area (Å²) in [5.41, 5.74) is 0. The van der Waals surface area contributed by atoms with Gasteiger partial charge in [-0.05, 0) is 26.2 Å². The zero-order valence-corrected chi connectivity index (χ0v) is 10.8. The van der Waals surface area contributed by atoms with Gasteiger partial charge < -0.3 is 20.0 Å². The standard InChI is InChI=1S/C12H22N2O4/c1-2-13(8-6-11(16)17)12(18)14-7-4-3-5-10(14)9-15/h10,15H,2-9H2,1H3,(H,16,17). The second-order valence-corrected chi connectivity index (χ2v) is 4.53. The SMILES string of the molecule is CCN(CCC(=O)O)C(=O)N1CCCCC1CO. The van der Waals surface area contributed by atoms with Crippen LogP contribution in [-0.2, 0) is 4.79 Å². The second-order valence-electron chi connectivity index (χ2n) is 4.53. The minimum Gasteiger partial charge on any atom is -0.481 e. The van der Waals surface area contributed by atoms with E-state index in [1.165, 1.54) is 4.90 Å². The van der Waals surface area contributed by atoms with Gasteiger partial charge in [-0.2, -0.15) is 0 Å². The first-order valence-electron chi connectivity index (χ1n) is 6.48. The zero-order valence-electron chi connectivity index (χ0n) is 10.8. The van der Waals surface area contributed by atoms with Crippen LogP contribution in [0.2, 0.25) is 0 Å². The highest BCUT2D eigenvalue weighted by Crippen LogP contribution is 2.18. The van der Waals surface area contributed by atoms with Crippen LogP contribution in [0.3, 0.4) is 0 Å². The number of aliphatic hydroxyl groups excluding tert-OH is 1. The summed E-state index contributed by atoms with van der Waals surface area (Å²) < 4.78 is 0. The predicted molar refractivity (Wildman–Crippen MR) is 66.3 cm³/mol. The number of likely N-dealkylation sites (tertiary alicyclic amines) is 1. The Labute approximate surface area is 107 Å². The molecule has 0 saturated carbocycles. The number of aliphatic carboxylic acids is 1. The lowest BCUT2D eigenvalue weighted by molar-refractivity contribution is -0.137. The number of carbonyl (C=O) groups is 2. The Kier molecular flexibility index (Phi) is 5.91. The maximum Gasteiger partial charge on any atom is 0.320 e. The summed E-state index contributed by atoms with van der Waals surface area (Å²) in [6, 6.07) is -0.275. The molecule has 18 heavy (non-hydrogen) atoms. The number of carbonyl (C=O) groups excluding carboxylic acids is 1. The van der Waals surface area contributed by atoms with E-state index < -0.39 is 5.97 Å². The fourth-order valence-electron chi connectivity index (χ4n) is 2.24. The van der Waals surface area contributed by atoms with E-state index in [1.807, 2.05) is 6.92 Å². The molecule has 1 fully saturated rings. The number of hydrogen-bond acceptors (Lipinski definition) is 3. The number of urea groups is 1. The Morgan fingerprint density at radius 1 is 1.39 bits per heavy atom. The lowest BCUT2D eigenvalue weighted by atomic mass is 10.0. The first-order valence-corrected chi connectivity index (χ1v) is 6.48. The number of amides is 2. The van der Waals surface area contributed by atoms with Gasteiger partial charge in [0.2, 0.25) is 0 Å². The van der Waals surface area contributed by atoms with E-state index in [0.29, 0.717) is 13.1 Å². The van der Waals surface area contributed by atoms with Gasteiger partial charge in [0.25, 0.3) is 0 Å². The quantitative estimate of drug-likeness (QED) is 0.762. The van der Waals surface area contributed by atoms with E-state index in [2.05, 4.69) is 0 Å². The monoisotopic (exact) mass is 258 g/mol. The average molecular weight is 258 g/mol. The Bertz CT molecular complexity index is 296. The molecule has 2 N–H and O–H groups in total. The fraction of sp³-hybridized carbons (Fsp3) is 0.833. The van der Waals surface area contributed by atoms with E-state index in [1.54, 1.807) is 4.90 Å². The van der Waals surface area contributed by atoms with Crippen molar-refractivity contribution in [3.05, 3.63) is 0 Å². The van der Waals surface area contributed by atoms with Crippen LogP contribution in [0.25, 0.3) is 0 Å². The third kappa shape index (κ3) is 3.87. The van der Waals surface area contributed by atoms with Gasteiger partial charge in [0, 0.05) is 19.6 Å². The van der Waals surface area contributed by atoms with Crippen molar-refractivity contribution in [2.75, 3.05) is 26.2 Å². The number of piperidine rings is 1. The molecule has 104 valence electrons. The van der Waals surface area contributed by atoms with E-state index in [4.69, 9.17) is 5.11 Å². The number of carboxylic acid groups (broad SMARTS) is 1. The zero-order chi connectivity index (χ0) is 13.5. The summed E-state index contributed by atoms with van der Waals surface area (Å²) in [4.78, 5) is 26.0. The Balaban J connectivity index is 2.60. The van der Waals surface area contributed by atoms with Crippen molar-refractivity contribution < 1.29 is 19.8 Å². The highest BCUT2D eigenvalue weighted by atomic mass is 16.4. The van der Waals surface area contributed by atoms with Gasteiger partial charge in [0.15, 0.2) is 0 Å². The molecule has 1 heterocycles. The molecule has 1 aliphatic rings. The van der Waals surface area contributed by atoms with Gasteiger partial charge in [0.05, 0.1) is 19.1 Å². The van der Waals surface area contributed by atoms with Crippen LogP contribution in [0, 0.1) is 0 Å².